The van der Waals surface area contributed by atoms with Gasteiger partial charge in [0.15, 0.2) is 0 Å². The fourth-order valence-electron chi connectivity index (χ4n) is 3.54. The number of fused-ring (bicyclic) bond motifs is 1. The van der Waals surface area contributed by atoms with Crippen molar-refractivity contribution in [3.63, 3.8) is 0 Å². The number of hydrogen-bond acceptors (Lipinski definition) is 4. The summed E-state index contributed by atoms with van der Waals surface area (Å²) in [6, 6.07) is 8.79. The first-order valence-corrected chi connectivity index (χ1v) is 11.6. The number of nitrogens with two attached hydrogens (primary N) is 1. The van der Waals surface area contributed by atoms with E-state index in [-0.39, 0.29) is 17.1 Å². The molecular formula is C20H26N2O3S2. The van der Waals surface area contributed by atoms with Crippen LogP contribution in [0.25, 0.3) is 0 Å². The van der Waals surface area contributed by atoms with Crippen LogP contribution in [0.1, 0.15) is 52.9 Å². The molecule has 1 aliphatic carbocycles. The summed E-state index contributed by atoms with van der Waals surface area (Å²) in [6.45, 7) is 6.82. The third kappa shape index (κ3) is 5.18. The van der Waals surface area contributed by atoms with E-state index in [1.807, 2.05) is 6.07 Å². The molecule has 146 valence electrons. The van der Waals surface area contributed by atoms with Gasteiger partial charge in [0, 0.05) is 10.6 Å². The number of aryl methyl sites for hydroxylation is 1. The molecule has 0 radical (unpaired) electrons. The van der Waals surface area contributed by atoms with Crippen molar-refractivity contribution in [2.75, 3.05) is 5.32 Å². The molecule has 0 saturated carbocycles. The maximum Gasteiger partial charge on any atom is 0.265 e. The first-order valence-electron chi connectivity index (χ1n) is 9.03. The Balaban J connectivity index is 1.73. The molecule has 1 aliphatic rings. The Morgan fingerprint density at radius 1 is 1.30 bits per heavy atom. The third-order valence-electron chi connectivity index (χ3n) is 5.08. The van der Waals surface area contributed by atoms with Gasteiger partial charge in [-0.15, -0.1) is 11.3 Å². The molecule has 1 unspecified atom stereocenters. The lowest BCUT2D eigenvalue weighted by Gasteiger charge is -2.33. The van der Waals surface area contributed by atoms with E-state index in [1.54, 1.807) is 35.6 Å². The number of carbonyl (C=O) groups is 1. The molecule has 5 nitrogen and oxygen atoms in total. The second kappa shape index (κ2) is 7.37. The Hall–Kier alpha value is -1.70. The molecule has 0 fully saturated rings. The molecule has 1 atom stereocenters. The zero-order valence-corrected chi connectivity index (χ0v) is 17.5. The largest absolute Gasteiger partial charge is 0.321 e. The fourth-order valence-corrected chi connectivity index (χ4v) is 5.29. The van der Waals surface area contributed by atoms with E-state index in [2.05, 4.69) is 26.1 Å². The fraction of sp³-hybridized carbons (Fsp3) is 0.450. The molecular weight excluding hydrogens is 380 g/mol. The van der Waals surface area contributed by atoms with Gasteiger partial charge >= 0.3 is 0 Å². The Morgan fingerprint density at radius 2 is 2.04 bits per heavy atom. The minimum absolute atomic E-state index is 0.158. The second-order valence-electron chi connectivity index (χ2n) is 8.33. The molecule has 2 aromatic rings. The van der Waals surface area contributed by atoms with Gasteiger partial charge in [0.25, 0.3) is 5.91 Å². The standard InChI is InChI=1S/C20H26N2O3S2/c1-20(2,3)15-7-8-17-14(10-15)11-18(26-17)19(23)22-16-6-4-5-13(9-16)12-27(21,24)25/h4-6,9,11,15H,7-8,10,12H2,1-3H3,(H,22,23)(H2,21,24,25). The van der Waals surface area contributed by atoms with Gasteiger partial charge in [0.1, 0.15) is 0 Å². The number of rotatable bonds is 4. The van der Waals surface area contributed by atoms with Crippen LogP contribution in [0.4, 0.5) is 5.69 Å². The lowest BCUT2D eigenvalue weighted by atomic mass is 9.72. The Bertz CT molecular complexity index is 956. The SMILES string of the molecule is CC(C)(C)C1CCc2sc(C(=O)Nc3cccc(CS(N)(=O)=O)c3)cc2C1. The number of sulfonamides is 1. The van der Waals surface area contributed by atoms with Crippen molar-refractivity contribution in [1.29, 1.82) is 0 Å². The summed E-state index contributed by atoms with van der Waals surface area (Å²) in [5, 5.41) is 7.96. The minimum Gasteiger partial charge on any atom is -0.321 e. The highest BCUT2D eigenvalue weighted by atomic mass is 32.2. The summed E-state index contributed by atoms with van der Waals surface area (Å²) >= 11 is 1.56. The average Bonchev–Trinajstić information content (AvgIpc) is 2.96. The van der Waals surface area contributed by atoms with Crippen LogP contribution >= 0.6 is 11.3 Å². The summed E-state index contributed by atoms with van der Waals surface area (Å²) in [7, 11) is -3.60. The second-order valence-corrected chi connectivity index (χ2v) is 11.1. The van der Waals surface area contributed by atoms with Crippen molar-refractivity contribution < 1.29 is 13.2 Å². The molecule has 27 heavy (non-hydrogen) atoms. The number of benzene rings is 1. The number of nitrogens with one attached hydrogen (secondary N) is 1. The molecule has 0 aliphatic heterocycles. The monoisotopic (exact) mass is 406 g/mol. The maximum absolute atomic E-state index is 12.7. The molecule has 1 aromatic carbocycles. The highest BCUT2D eigenvalue weighted by molar-refractivity contribution is 7.88. The van der Waals surface area contributed by atoms with Crippen molar-refractivity contribution in [3.8, 4) is 0 Å². The molecule has 0 spiro atoms. The smallest absolute Gasteiger partial charge is 0.265 e. The van der Waals surface area contributed by atoms with E-state index < -0.39 is 10.0 Å². The van der Waals surface area contributed by atoms with Crippen LogP contribution in [0.5, 0.6) is 0 Å². The van der Waals surface area contributed by atoms with Gasteiger partial charge in [0.05, 0.1) is 10.6 Å². The van der Waals surface area contributed by atoms with E-state index >= 15 is 0 Å². The van der Waals surface area contributed by atoms with Crippen molar-refractivity contribution in [2.24, 2.45) is 16.5 Å². The summed E-state index contributed by atoms with van der Waals surface area (Å²) < 4.78 is 22.5. The van der Waals surface area contributed by atoms with Crippen molar-refractivity contribution in [3.05, 3.63) is 51.2 Å². The predicted molar refractivity (Wildman–Crippen MR) is 110 cm³/mol. The summed E-state index contributed by atoms with van der Waals surface area (Å²) in [4.78, 5) is 14.7. The van der Waals surface area contributed by atoms with Crippen LogP contribution < -0.4 is 10.5 Å². The van der Waals surface area contributed by atoms with E-state index in [4.69, 9.17) is 5.14 Å². The van der Waals surface area contributed by atoms with Crippen LogP contribution in [-0.2, 0) is 28.6 Å². The van der Waals surface area contributed by atoms with Gasteiger partial charge in [0.2, 0.25) is 10.0 Å². The summed E-state index contributed by atoms with van der Waals surface area (Å²) in [5.74, 6) is 0.220. The van der Waals surface area contributed by atoms with Crippen LogP contribution in [0.2, 0.25) is 0 Å². The Kier molecular flexibility index (Phi) is 5.47. The van der Waals surface area contributed by atoms with Crippen molar-refractivity contribution in [2.45, 2.75) is 45.8 Å². The minimum atomic E-state index is -3.60. The Morgan fingerprint density at radius 3 is 2.70 bits per heavy atom. The van der Waals surface area contributed by atoms with E-state index in [1.165, 1.54) is 10.4 Å². The third-order valence-corrected chi connectivity index (χ3v) is 7.06. The normalized spacial score (nSPS) is 17.4. The van der Waals surface area contributed by atoms with E-state index in [9.17, 15) is 13.2 Å². The summed E-state index contributed by atoms with van der Waals surface area (Å²) in [6.07, 6.45) is 3.21. The van der Waals surface area contributed by atoms with Crippen LogP contribution in [0.15, 0.2) is 30.3 Å². The molecule has 1 amide bonds. The van der Waals surface area contributed by atoms with Crippen LogP contribution in [-0.4, -0.2) is 14.3 Å². The highest BCUT2D eigenvalue weighted by Gasteiger charge is 2.30. The average molecular weight is 407 g/mol. The van der Waals surface area contributed by atoms with Gasteiger partial charge in [-0.1, -0.05) is 32.9 Å². The lowest BCUT2D eigenvalue weighted by molar-refractivity contribution is 0.103. The molecule has 3 rings (SSSR count). The van der Waals surface area contributed by atoms with Crippen molar-refractivity contribution >= 4 is 33.0 Å². The molecule has 1 aromatic heterocycles. The first kappa shape index (κ1) is 20.0. The number of thiophene rings is 1. The number of primary sulfonamides is 1. The maximum atomic E-state index is 12.7. The van der Waals surface area contributed by atoms with Crippen molar-refractivity contribution in [1.82, 2.24) is 0 Å². The van der Waals surface area contributed by atoms with Gasteiger partial charge in [-0.2, -0.15) is 0 Å². The van der Waals surface area contributed by atoms with Crippen LogP contribution in [0, 0.1) is 11.3 Å². The topological polar surface area (TPSA) is 89.3 Å². The molecule has 3 N–H and O–H groups in total. The van der Waals surface area contributed by atoms with Gasteiger partial charge in [-0.25, -0.2) is 13.6 Å². The predicted octanol–water partition coefficient (Wildman–Crippen LogP) is 3.94. The van der Waals surface area contributed by atoms with Gasteiger partial charge < -0.3 is 5.32 Å². The molecule has 7 heteroatoms. The quantitative estimate of drug-likeness (QED) is 0.806. The Labute approximate surface area is 165 Å². The van der Waals surface area contributed by atoms with Crippen LogP contribution in [0.3, 0.4) is 0 Å². The highest BCUT2D eigenvalue weighted by Crippen LogP contribution is 2.40. The van der Waals surface area contributed by atoms with E-state index in [0.717, 1.165) is 19.3 Å². The zero-order chi connectivity index (χ0) is 19.8. The van der Waals surface area contributed by atoms with Gasteiger partial charge in [-0.05, 0) is 59.9 Å². The number of hydrogen-bond donors (Lipinski definition) is 2. The molecule has 0 saturated heterocycles. The number of carbonyl (C=O) groups excluding carboxylic acids is 1. The number of amides is 1. The van der Waals surface area contributed by atoms with E-state index in [0.29, 0.717) is 22.0 Å². The first-order chi connectivity index (χ1) is 12.5. The molecule has 1 heterocycles. The van der Waals surface area contributed by atoms with Gasteiger partial charge in [-0.3, -0.25) is 4.79 Å². The zero-order valence-electron chi connectivity index (χ0n) is 15.9. The number of anilines is 1. The molecule has 0 bridgehead atoms. The summed E-state index contributed by atoms with van der Waals surface area (Å²) in [5.41, 5.74) is 2.68. The lowest BCUT2D eigenvalue weighted by Crippen LogP contribution is -2.26.